The molecule has 1 amide bonds. The minimum atomic E-state index is -0.0976. The molecule has 88 valence electrons. The molecule has 0 spiro atoms. The molecule has 4 nitrogen and oxygen atoms in total. The average Bonchev–Trinajstić information content (AvgIpc) is 2.36. The fourth-order valence-electron chi connectivity index (χ4n) is 1.60. The summed E-state index contributed by atoms with van der Waals surface area (Å²) >= 11 is 0. The van der Waals surface area contributed by atoms with E-state index in [9.17, 15) is 4.79 Å². The normalized spacial score (nSPS) is 12.6. The number of terminal acetylenes is 1. The van der Waals surface area contributed by atoms with E-state index in [0.717, 1.165) is 11.3 Å². The lowest BCUT2D eigenvalue weighted by atomic mass is 10.1. The van der Waals surface area contributed by atoms with Crippen LogP contribution in [0.25, 0.3) is 0 Å². The molecule has 17 heavy (non-hydrogen) atoms. The van der Waals surface area contributed by atoms with Crippen LogP contribution < -0.4 is 14.8 Å². The van der Waals surface area contributed by atoms with Gasteiger partial charge >= 0.3 is 0 Å². The number of carbonyl (C=O) groups is 1. The SMILES string of the molecule is C#CCNC(=O)Cc1ccc2c(c1)OCCO2. The van der Waals surface area contributed by atoms with Gasteiger partial charge in [0.1, 0.15) is 13.2 Å². The molecule has 0 unspecified atom stereocenters. The first-order chi connectivity index (χ1) is 8.29. The van der Waals surface area contributed by atoms with Crippen LogP contribution in [-0.2, 0) is 11.2 Å². The molecule has 2 rings (SSSR count). The Morgan fingerprint density at radius 1 is 1.35 bits per heavy atom. The van der Waals surface area contributed by atoms with Gasteiger partial charge in [-0.15, -0.1) is 6.42 Å². The molecule has 4 heteroatoms. The third-order valence-corrected chi connectivity index (χ3v) is 2.36. The lowest BCUT2D eigenvalue weighted by molar-refractivity contribution is -0.120. The highest BCUT2D eigenvalue weighted by molar-refractivity contribution is 5.79. The Balaban J connectivity index is 2.02. The van der Waals surface area contributed by atoms with Crippen molar-refractivity contribution in [1.82, 2.24) is 5.32 Å². The molecule has 0 atom stereocenters. The topological polar surface area (TPSA) is 47.6 Å². The van der Waals surface area contributed by atoms with Crippen LogP contribution in [0.5, 0.6) is 11.5 Å². The number of ether oxygens (including phenoxy) is 2. The molecule has 1 aromatic rings. The van der Waals surface area contributed by atoms with Gasteiger partial charge in [-0.25, -0.2) is 0 Å². The largest absolute Gasteiger partial charge is 0.486 e. The molecule has 0 fully saturated rings. The number of nitrogens with one attached hydrogen (secondary N) is 1. The van der Waals surface area contributed by atoms with Gasteiger partial charge in [-0.2, -0.15) is 0 Å². The number of carbonyl (C=O) groups excluding carboxylic acids is 1. The second kappa shape index (κ2) is 5.26. The molecule has 1 N–H and O–H groups in total. The van der Waals surface area contributed by atoms with E-state index < -0.39 is 0 Å². The smallest absolute Gasteiger partial charge is 0.225 e. The molecule has 1 aromatic carbocycles. The average molecular weight is 231 g/mol. The zero-order valence-electron chi connectivity index (χ0n) is 9.36. The Bertz CT molecular complexity index is 462. The molecular weight excluding hydrogens is 218 g/mol. The van der Waals surface area contributed by atoms with Crippen LogP contribution in [0.2, 0.25) is 0 Å². The van der Waals surface area contributed by atoms with Crippen molar-refractivity contribution in [2.24, 2.45) is 0 Å². The van der Waals surface area contributed by atoms with Crippen molar-refractivity contribution in [2.75, 3.05) is 19.8 Å². The predicted octanol–water partition coefficient (Wildman–Crippen LogP) is 0.750. The molecule has 0 saturated carbocycles. The van der Waals surface area contributed by atoms with Gasteiger partial charge in [-0.3, -0.25) is 4.79 Å². The molecule has 1 heterocycles. The van der Waals surface area contributed by atoms with E-state index in [0.29, 0.717) is 19.0 Å². The van der Waals surface area contributed by atoms with Crippen LogP contribution in [0.15, 0.2) is 18.2 Å². The van der Waals surface area contributed by atoms with Gasteiger partial charge in [-0.1, -0.05) is 12.0 Å². The van der Waals surface area contributed by atoms with E-state index in [1.807, 2.05) is 18.2 Å². The fourth-order valence-corrected chi connectivity index (χ4v) is 1.60. The van der Waals surface area contributed by atoms with E-state index in [-0.39, 0.29) is 18.9 Å². The zero-order valence-corrected chi connectivity index (χ0v) is 9.36. The van der Waals surface area contributed by atoms with Gasteiger partial charge < -0.3 is 14.8 Å². The van der Waals surface area contributed by atoms with Gasteiger partial charge in [0.05, 0.1) is 13.0 Å². The summed E-state index contributed by atoms with van der Waals surface area (Å²) in [5.74, 6) is 3.68. The van der Waals surface area contributed by atoms with Crippen LogP contribution in [-0.4, -0.2) is 25.7 Å². The summed E-state index contributed by atoms with van der Waals surface area (Å²) in [6.45, 7) is 1.36. The van der Waals surface area contributed by atoms with E-state index in [2.05, 4.69) is 11.2 Å². The number of benzene rings is 1. The van der Waals surface area contributed by atoms with E-state index in [1.165, 1.54) is 0 Å². The van der Waals surface area contributed by atoms with Crippen molar-refractivity contribution in [3.05, 3.63) is 23.8 Å². The van der Waals surface area contributed by atoms with Crippen molar-refractivity contribution in [3.8, 4) is 23.8 Å². The first-order valence-corrected chi connectivity index (χ1v) is 5.38. The summed E-state index contributed by atoms with van der Waals surface area (Å²) < 4.78 is 10.8. The molecule has 0 bridgehead atoms. The third kappa shape index (κ3) is 2.91. The summed E-state index contributed by atoms with van der Waals surface area (Å²) in [4.78, 5) is 11.5. The van der Waals surface area contributed by atoms with Crippen molar-refractivity contribution >= 4 is 5.91 Å². The third-order valence-electron chi connectivity index (χ3n) is 2.36. The Kier molecular flexibility index (Phi) is 3.51. The highest BCUT2D eigenvalue weighted by Gasteiger charge is 2.12. The second-order valence-electron chi connectivity index (χ2n) is 3.64. The highest BCUT2D eigenvalue weighted by atomic mass is 16.6. The Hall–Kier alpha value is -2.15. The minimum Gasteiger partial charge on any atom is -0.486 e. The molecule has 1 aliphatic heterocycles. The summed E-state index contributed by atoms with van der Waals surface area (Å²) in [5.41, 5.74) is 0.878. The Morgan fingerprint density at radius 2 is 2.12 bits per heavy atom. The number of amides is 1. The van der Waals surface area contributed by atoms with Gasteiger partial charge in [0.2, 0.25) is 5.91 Å². The standard InChI is InChI=1S/C13H13NO3/c1-2-5-14-13(15)9-10-3-4-11-12(8-10)17-7-6-16-11/h1,3-4,8H,5-7,9H2,(H,14,15). The molecule has 0 saturated heterocycles. The van der Waals surface area contributed by atoms with Crippen molar-refractivity contribution < 1.29 is 14.3 Å². The Labute approximate surface area is 99.9 Å². The van der Waals surface area contributed by atoms with E-state index >= 15 is 0 Å². The maximum Gasteiger partial charge on any atom is 0.225 e. The second-order valence-corrected chi connectivity index (χ2v) is 3.64. The molecule has 0 radical (unpaired) electrons. The van der Waals surface area contributed by atoms with Gasteiger partial charge in [0.25, 0.3) is 0 Å². The summed E-state index contributed by atoms with van der Waals surface area (Å²) in [5, 5.41) is 2.61. The quantitative estimate of drug-likeness (QED) is 0.781. The number of fused-ring (bicyclic) bond motifs is 1. The fraction of sp³-hybridized carbons (Fsp3) is 0.308. The highest BCUT2D eigenvalue weighted by Crippen LogP contribution is 2.30. The van der Waals surface area contributed by atoms with Crippen LogP contribution in [0, 0.1) is 12.3 Å². The van der Waals surface area contributed by atoms with E-state index in [1.54, 1.807) is 0 Å². The maximum atomic E-state index is 11.5. The van der Waals surface area contributed by atoms with Crippen LogP contribution in [0.1, 0.15) is 5.56 Å². The molecule has 0 aromatic heterocycles. The number of hydrogen-bond acceptors (Lipinski definition) is 3. The van der Waals surface area contributed by atoms with Crippen LogP contribution in [0.3, 0.4) is 0 Å². The summed E-state index contributed by atoms with van der Waals surface area (Å²) in [7, 11) is 0. The molecule has 0 aliphatic carbocycles. The monoisotopic (exact) mass is 231 g/mol. The predicted molar refractivity (Wildman–Crippen MR) is 63.0 cm³/mol. The van der Waals surface area contributed by atoms with Crippen LogP contribution >= 0.6 is 0 Å². The lowest BCUT2D eigenvalue weighted by Gasteiger charge is -2.18. The Morgan fingerprint density at radius 3 is 2.88 bits per heavy atom. The minimum absolute atomic E-state index is 0.0976. The van der Waals surface area contributed by atoms with Gasteiger partial charge in [0, 0.05) is 0 Å². The lowest BCUT2D eigenvalue weighted by Crippen LogP contribution is -2.25. The number of rotatable bonds is 3. The number of hydrogen-bond donors (Lipinski definition) is 1. The maximum absolute atomic E-state index is 11.5. The first-order valence-electron chi connectivity index (χ1n) is 5.38. The van der Waals surface area contributed by atoms with Crippen molar-refractivity contribution in [1.29, 1.82) is 0 Å². The van der Waals surface area contributed by atoms with Crippen molar-refractivity contribution in [2.45, 2.75) is 6.42 Å². The molecule has 1 aliphatic rings. The van der Waals surface area contributed by atoms with Crippen LogP contribution in [0.4, 0.5) is 0 Å². The molecular formula is C13H13NO3. The van der Waals surface area contributed by atoms with Crippen molar-refractivity contribution in [3.63, 3.8) is 0 Å². The first kappa shape index (κ1) is 11.3. The summed E-state index contributed by atoms with van der Waals surface area (Å²) in [6.07, 6.45) is 5.35. The van der Waals surface area contributed by atoms with E-state index in [4.69, 9.17) is 15.9 Å². The summed E-state index contributed by atoms with van der Waals surface area (Å²) in [6, 6.07) is 5.49. The zero-order chi connectivity index (χ0) is 12.1. The van der Waals surface area contributed by atoms with Gasteiger partial charge in [-0.05, 0) is 17.7 Å². The van der Waals surface area contributed by atoms with Gasteiger partial charge in [0.15, 0.2) is 11.5 Å².